The van der Waals surface area contributed by atoms with Crippen molar-refractivity contribution < 1.29 is 9.90 Å². The van der Waals surface area contributed by atoms with Crippen LogP contribution < -0.4 is 5.32 Å². The van der Waals surface area contributed by atoms with Crippen LogP contribution in [0, 0.1) is 11.3 Å². The van der Waals surface area contributed by atoms with Gasteiger partial charge in [-0.2, -0.15) is 15.0 Å². The van der Waals surface area contributed by atoms with Crippen LogP contribution in [0.3, 0.4) is 0 Å². The fourth-order valence-corrected chi connectivity index (χ4v) is 3.71. The number of azo groups is 1. The fourth-order valence-electron chi connectivity index (χ4n) is 3.52. The molecule has 0 saturated heterocycles. The summed E-state index contributed by atoms with van der Waals surface area (Å²) in [6.45, 7) is 0. The predicted molar refractivity (Wildman–Crippen MR) is 133 cm³/mol. The van der Waals surface area contributed by atoms with Crippen LogP contribution in [0.4, 0.5) is 17.2 Å². The maximum atomic E-state index is 13.1. The molecule has 0 aliphatic heterocycles. The van der Waals surface area contributed by atoms with Crippen molar-refractivity contribution in [2.24, 2.45) is 10.2 Å². The van der Waals surface area contributed by atoms with Gasteiger partial charge in [0.05, 0.1) is 11.8 Å². The third-order valence-electron chi connectivity index (χ3n) is 5.17. The highest BCUT2D eigenvalue weighted by Gasteiger charge is 2.20. The smallest absolute Gasteiger partial charge is 0.259 e. The van der Waals surface area contributed by atoms with Crippen LogP contribution in [0.2, 0.25) is 5.02 Å². The molecule has 2 N–H and O–H groups in total. The van der Waals surface area contributed by atoms with Gasteiger partial charge < -0.3 is 10.4 Å². The van der Waals surface area contributed by atoms with Gasteiger partial charge >= 0.3 is 0 Å². The average molecular weight is 495 g/mol. The van der Waals surface area contributed by atoms with Crippen molar-refractivity contribution in [2.45, 2.75) is 0 Å². The number of aromatic hydroxyl groups is 1. The summed E-state index contributed by atoms with van der Waals surface area (Å²) in [5.41, 5.74) is 0.636. The Morgan fingerprint density at radius 1 is 1.06 bits per heavy atom. The summed E-state index contributed by atoms with van der Waals surface area (Å²) in [4.78, 5) is 21.3. The van der Waals surface area contributed by atoms with E-state index in [9.17, 15) is 15.2 Å². The highest BCUT2D eigenvalue weighted by Crippen LogP contribution is 2.40. The first-order valence-corrected chi connectivity index (χ1v) is 10.9. The van der Waals surface area contributed by atoms with Crippen LogP contribution in [-0.2, 0) is 0 Å². The summed E-state index contributed by atoms with van der Waals surface area (Å²) in [5.74, 6) is -0.674. The molecule has 5 aromatic rings. The molecular formula is C25H15ClN8O2. The molecule has 3 aromatic carbocycles. The molecule has 0 aliphatic rings. The van der Waals surface area contributed by atoms with Crippen LogP contribution in [0.15, 0.2) is 89.5 Å². The van der Waals surface area contributed by atoms with E-state index in [0.29, 0.717) is 21.5 Å². The first-order chi connectivity index (χ1) is 17.5. The number of nitrogens with zero attached hydrogens (tertiary/aromatic N) is 7. The van der Waals surface area contributed by atoms with E-state index in [2.05, 4.69) is 30.6 Å². The van der Waals surface area contributed by atoms with Crippen molar-refractivity contribution in [3.63, 3.8) is 0 Å². The van der Waals surface area contributed by atoms with Gasteiger partial charge in [-0.25, -0.2) is 9.97 Å². The molecule has 0 saturated carbocycles. The van der Waals surface area contributed by atoms with E-state index < -0.39 is 5.91 Å². The summed E-state index contributed by atoms with van der Waals surface area (Å²) in [5, 5.41) is 37.6. The van der Waals surface area contributed by atoms with Crippen molar-refractivity contribution in [2.75, 3.05) is 5.32 Å². The molecule has 0 atom stereocenters. The molecule has 2 aromatic heterocycles. The van der Waals surface area contributed by atoms with E-state index in [0.717, 1.165) is 0 Å². The Kier molecular flexibility index (Phi) is 6.05. The number of nitrogens with one attached hydrogen (secondary N) is 1. The molecule has 10 nitrogen and oxygen atoms in total. The zero-order valence-corrected chi connectivity index (χ0v) is 19.1. The third kappa shape index (κ3) is 4.34. The summed E-state index contributed by atoms with van der Waals surface area (Å²) in [6.07, 6.45) is 4.37. The summed E-state index contributed by atoms with van der Waals surface area (Å²) < 4.78 is 1.26. The third-order valence-corrected chi connectivity index (χ3v) is 5.41. The number of nitriles is 1. The van der Waals surface area contributed by atoms with Crippen LogP contribution in [0.1, 0.15) is 15.9 Å². The minimum absolute atomic E-state index is 0.0111. The lowest BCUT2D eigenvalue weighted by atomic mass is 10.0. The molecule has 11 heteroatoms. The summed E-state index contributed by atoms with van der Waals surface area (Å²) in [6, 6.07) is 19.0. The Balaban J connectivity index is 1.61. The Hall–Kier alpha value is -5.14. The Labute approximate surface area is 209 Å². The number of amides is 1. The molecule has 174 valence electrons. The van der Waals surface area contributed by atoms with E-state index >= 15 is 0 Å². The monoisotopic (exact) mass is 494 g/mol. The van der Waals surface area contributed by atoms with Gasteiger partial charge in [0.25, 0.3) is 11.9 Å². The lowest BCUT2D eigenvalue weighted by Crippen LogP contribution is -2.12. The van der Waals surface area contributed by atoms with Crippen LogP contribution >= 0.6 is 11.6 Å². The second kappa shape index (κ2) is 9.61. The average Bonchev–Trinajstić information content (AvgIpc) is 3.31. The zero-order chi connectivity index (χ0) is 25.1. The normalized spacial score (nSPS) is 11.0. The second-order valence-electron chi connectivity index (χ2n) is 7.46. The van der Waals surface area contributed by atoms with Gasteiger partial charge in [-0.3, -0.25) is 4.79 Å². The van der Waals surface area contributed by atoms with Gasteiger partial charge in [0.2, 0.25) is 0 Å². The van der Waals surface area contributed by atoms with Crippen molar-refractivity contribution in [3.05, 3.63) is 95.4 Å². The molecule has 0 unspecified atom stereocenters. The van der Waals surface area contributed by atoms with Gasteiger partial charge in [-0.15, -0.1) is 10.2 Å². The minimum Gasteiger partial charge on any atom is -0.505 e. The Morgan fingerprint density at radius 2 is 1.86 bits per heavy atom. The zero-order valence-electron chi connectivity index (χ0n) is 18.4. The van der Waals surface area contributed by atoms with Crippen LogP contribution in [-0.4, -0.2) is 30.8 Å². The maximum Gasteiger partial charge on any atom is 0.259 e. The lowest BCUT2D eigenvalue weighted by molar-refractivity contribution is 0.102. The quantitative estimate of drug-likeness (QED) is 0.299. The van der Waals surface area contributed by atoms with E-state index in [4.69, 9.17) is 11.6 Å². The second-order valence-corrected chi connectivity index (χ2v) is 7.90. The first kappa shape index (κ1) is 22.6. The van der Waals surface area contributed by atoms with Crippen molar-refractivity contribution in [3.8, 4) is 17.8 Å². The van der Waals surface area contributed by atoms with Crippen molar-refractivity contribution in [1.29, 1.82) is 5.26 Å². The number of phenols is 1. The number of aromatic nitrogens is 4. The van der Waals surface area contributed by atoms with E-state index in [1.165, 1.54) is 23.3 Å². The SMILES string of the molecule is N#Cc1cnn(-c2ncccn2)c1/N=N/c1c(O)c(C(=O)Nc2cccc(Cl)c2)cc2ccccc12. The topological polar surface area (TPSA) is 141 Å². The number of rotatable bonds is 5. The minimum atomic E-state index is -0.558. The number of fused-ring (bicyclic) bond motifs is 1. The number of hydrogen-bond donors (Lipinski definition) is 2. The number of halogens is 1. The number of phenolic OH excluding ortho intramolecular Hbond substituents is 1. The van der Waals surface area contributed by atoms with Gasteiger partial charge in [0, 0.05) is 28.5 Å². The molecule has 2 heterocycles. The standard InChI is InChI=1S/C25H15ClN8O2/c26-17-6-3-7-18(12-17)31-24(36)20-11-15-5-1-2-8-19(15)21(22(20)35)32-33-23-16(13-27)14-30-34(23)25-28-9-4-10-29-25/h1-12,14,35H,(H,31,36)/b33-32+. The van der Waals surface area contributed by atoms with Gasteiger partial charge in [0.1, 0.15) is 17.3 Å². The molecule has 0 bridgehead atoms. The Bertz CT molecular complexity index is 1680. The van der Waals surface area contributed by atoms with Gasteiger partial charge in [0.15, 0.2) is 11.6 Å². The molecule has 0 aliphatic carbocycles. The molecule has 0 fully saturated rings. The number of carbonyl (C=O) groups is 1. The number of hydrogen-bond acceptors (Lipinski definition) is 8. The van der Waals surface area contributed by atoms with Gasteiger partial charge in [-0.1, -0.05) is 41.9 Å². The van der Waals surface area contributed by atoms with Gasteiger partial charge in [-0.05, 0) is 35.7 Å². The van der Waals surface area contributed by atoms with Crippen molar-refractivity contribution >= 4 is 45.5 Å². The number of benzene rings is 3. The lowest BCUT2D eigenvalue weighted by Gasteiger charge is -2.11. The van der Waals surface area contributed by atoms with E-state index in [1.807, 2.05) is 6.07 Å². The van der Waals surface area contributed by atoms with Crippen LogP contribution in [0.5, 0.6) is 5.75 Å². The molecule has 36 heavy (non-hydrogen) atoms. The highest BCUT2D eigenvalue weighted by atomic mass is 35.5. The number of anilines is 1. The summed E-state index contributed by atoms with van der Waals surface area (Å²) in [7, 11) is 0. The molecule has 5 rings (SSSR count). The molecule has 0 spiro atoms. The molecular weight excluding hydrogens is 480 g/mol. The van der Waals surface area contributed by atoms with Crippen molar-refractivity contribution in [1.82, 2.24) is 19.7 Å². The predicted octanol–water partition coefficient (Wildman–Crippen LogP) is 5.71. The van der Waals surface area contributed by atoms with E-state index in [-0.39, 0.29) is 34.3 Å². The molecule has 1 amide bonds. The summed E-state index contributed by atoms with van der Waals surface area (Å²) >= 11 is 6.01. The maximum absolute atomic E-state index is 13.1. The highest BCUT2D eigenvalue weighted by molar-refractivity contribution is 6.31. The Morgan fingerprint density at radius 3 is 2.64 bits per heavy atom. The van der Waals surface area contributed by atoms with Crippen LogP contribution in [0.25, 0.3) is 16.7 Å². The van der Waals surface area contributed by atoms with E-state index in [1.54, 1.807) is 60.7 Å². The molecule has 0 radical (unpaired) electrons. The number of carbonyl (C=O) groups excluding carboxylic acids is 1. The fraction of sp³-hybridized carbons (Fsp3) is 0. The first-order valence-electron chi connectivity index (χ1n) is 10.5. The largest absolute Gasteiger partial charge is 0.505 e.